The van der Waals surface area contributed by atoms with Gasteiger partial charge in [-0.15, -0.1) is 0 Å². The van der Waals surface area contributed by atoms with Crippen LogP contribution in [0.5, 0.6) is 0 Å². The molecule has 0 aromatic heterocycles. The van der Waals surface area contributed by atoms with E-state index < -0.39 is 9.84 Å². The summed E-state index contributed by atoms with van der Waals surface area (Å²) in [6, 6.07) is 5.32. The molecule has 4 heteroatoms. The molecule has 84 valence electrons. The summed E-state index contributed by atoms with van der Waals surface area (Å²) in [6.45, 7) is 6.17. The van der Waals surface area contributed by atoms with Gasteiger partial charge in [-0.25, -0.2) is 8.42 Å². The Bertz CT molecular complexity index is 470. The number of rotatable bonds is 1. The molecule has 0 amide bonds. The van der Waals surface area contributed by atoms with Gasteiger partial charge in [0.25, 0.3) is 0 Å². The van der Waals surface area contributed by atoms with Gasteiger partial charge in [-0.1, -0.05) is 36.7 Å². The van der Waals surface area contributed by atoms with Gasteiger partial charge in [-0.3, -0.25) is 0 Å². The van der Waals surface area contributed by atoms with E-state index in [1.807, 2.05) is 6.07 Å². The van der Waals surface area contributed by atoms with E-state index in [1.54, 1.807) is 12.1 Å². The smallest absolute Gasteiger partial charge is 0.175 e. The molecule has 1 rings (SSSR count). The normalized spacial score (nSPS) is 12.9. The third-order valence-electron chi connectivity index (χ3n) is 2.17. The van der Waals surface area contributed by atoms with Crippen LogP contribution in [0.3, 0.4) is 0 Å². The molecule has 0 saturated heterocycles. The van der Waals surface area contributed by atoms with Crippen LogP contribution in [0.15, 0.2) is 27.6 Å². The highest BCUT2D eigenvalue weighted by atomic mass is 79.9. The summed E-state index contributed by atoms with van der Waals surface area (Å²) in [7, 11) is -3.14. The quantitative estimate of drug-likeness (QED) is 0.796. The van der Waals surface area contributed by atoms with E-state index in [9.17, 15) is 8.42 Å². The first-order valence-corrected chi connectivity index (χ1v) is 7.30. The molecular formula is C11H15BrO2S. The second kappa shape index (κ2) is 3.91. The molecule has 0 saturated carbocycles. The second-order valence-corrected chi connectivity index (χ2v) is 7.63. The standard InChI is InChI=1S/C11H15BrO2S/c1-11(2,3)8-5-9(12)7-10(6-8)15(4,13)14/h5-7H,1-4H3. The van der Waals surface area contributed by atoms with E-state index in [2.05, 4.69) is 36.7 Å². The topological polar surface area (TPSA) is 34.1 Å². The summed E-state index contributed by atoms with van der Waals surface area (Å²) < 4.78 is 23.7. The van der Waals surface area contributed by atoms with E-state index in [1.165, 1.54) is 6.26 Å². The summed E-state index contributed by atoms with van der Waals surface area (Å²) in [5, 5.41) is 0. The minimum absolute atomic E-state index is 0.0524. The van der Waals surface area contributed by atoms with Gasteiger partial charge in [0.05, 0.1) is 4.90 Å². The third-order valence-corrected chi connectivity index (χ3v) is 3.72. The third kappa shape index (κ3) is 3.31. The molecule has 0 N–H and O–H groups in total. The van der Waals surface area contributed by atoms with Crippen molar-refractivity contribution >= 4 is 25.8 Å². The SMILES string of the molecule is CC(C)(C)c1cc(Br)cc(S(C)(=O)=O)c1. The Morgan fingerprint density at radius 1 is 1.13 bits per heavy atom. The fourth-order valence-corrected chi connectivity index (χ4v) is 2.54. The maximum Gasteiger partial charge on any atom is 0.175 e. The van der Waals surface area contributed by atoms with Crippen LogP contribution in [0.1, 0.15) is 26.3 Å². The molecule has 0 bridgehead atoms. The Hall–Kier alpha value is -0.350. The predicted molar refractivity (Wildman–Crippen MR) is 66.0 cm³/mol. The van der Waals surface area contributed by atoms with Crippen LogP contribution in [0.25, 0.3) is 0 Å². The lowest BCUT2D eigenvalue weighted by Gasteiger charge is -2.20. The monoisotopic (exact) mass is 290 g/mol. The first-order chi connectivity index (χ1) is 6.60. The zero-order valence-electron chi connectivity index (χ0n) is 9.33. The highest BCUT2D eigenvalue weighted by Gasteiger charge is 2.17. The Balaban J connectivity index is 3.43. The van der Waals surface area contributed by atoms with E-state index in [0.717, 1.165) is 10.0 Å². The van der Waals surface area contributed by atoms with Crippen molar-refractivity contribution in [2.45, 2.75) is 31.1 Å². The number of hydrogen-bond acceptors (Lipinski definition) is 2. The summed E-state index contributed by atoms with van der Waals surface area (Å²) in [5.74, 6) is 0. The van der Waals surface area contributed by atoms with Gasteiger partial charge < -0.3 is 0 Å². The number of hydrogen-bond donors (Lipinski definition) is 0. The summed E-state index contributed by atoms with van der Waals surface area (Å²) in [6.07, 6.45) is 1.22. The maximum atomic E-state index is 11.4. The number of benzene rings is 1. The van der Waals surface area contributed by atoms with Crippen LogP contribution in [0.4, 0.5) is 0 Å². The Labute approximate surface area is 99.7 Å². The van der Waals surface area contributed by atoms with Gasteiger partial charge in [0, 0.05) is 10.7 Å². The summed E-state index contributed by atoms with van der Waals surface area (Å²) >= 11 is 3.33. The summed E-state index contributed by atoms with van der Waals surface area (Å²) in [5.41, 5.74) is 0.959. The lowest BCUT2D eigenvalue weighted by Crippen LogP contribution is -2.12. The van der Waals surface area contributed by atoms with Crippen molar-refractivity contribution in [2.75, 3.05) is 6.26 Å². The van der Waals surface area contributed by atoms with Gasteiger partial charge in [-0.2, -0.15) is 0 Å². The van der Waals surface area contributed by atoms with Crippen LogP contribution in [0, 0.1) is 0 Å². The van der Waals surface area contributed by atoms with E-state index in [4.69, 9.17) is 0 Å². The Morgan fingerprint density at radius 3 is 2.07 bits per heavy atom. The molecule has 1 aromatic carbocycles. The van der Waals surface area contributed by atoms with Gasteiger partial charge in [0.1, 0.15) is 0 Å². The first kappa shape index (κ1) is 12.7. The lowest BCUT2D eigenvalue weighted by molar-refractivity contribution is 0.584. The average molecular weight is 291 g/mol. The second-order valence-electron chi connectivity index (χ2n) is 4.70. The maximum absolute atomic E-state index is 11.4. The molecule has 0 aliphatic rings. The molecule has 0 aliphatic carbocycles. The largest absolute Gasteiger partial charge is 0.224 e. The van der Waals surface area contributed by atoms with Crippen LogP contribution in [-0.2, 0) is 15.3 Å². The minimum Gasteiger partial charge on any atom is -0.224 e. The lowest BCUT2D eigenvalue weighted by atomic mass is 9.87. The average Bonchev–Trinajstić information content (AvgIpc) is 1.99. The van der Waals surface area contributed by atoms with Gasteiger partial charge >= 0.3 is 0 Å². The fourth-order valence-electron chi connectivity index (χ4n) is 1.21. The molecule has 0 heterocycles. The zero-order valence-corrected chi connectivity index (χ0v) is 11.7. The molecule has 0 aliphatic heterocycles. The zero-order chi connectivity index (χ0) is 11.9. The van der Waals surface area contributed by atoms with Crippen LogP contribution in [-0.4, -0.2) is 14.7 Å². The van der Waals surface area contributed by atoms with Crippen LogP contribution < -0.4 is 0 Å². The van der Waals surface area contributed by atoms with Crippen molar-refractivity contribution in [3.05, 3.63) is 28.2 Å². The molecule has 0 atom stereocenters. The van der Waals surface area contributed by atoms with Crippen LogP contribution in [0.2, 0.25) is 0 Å². The molecule has 0 spiro atoms. The van der Waals surface area contributed by atoms with Crippen molar-refractivity contribution in [1.29, 1.82) is 0 Å². The highest BCUT2D eigenvalue weighted by Crippen LogP contribution is 2.28. The molecule has 0 radical (unpaired) electrons. The molecule has 0 fully saturated rings. The fraction of sp³-hybridized carbons (Fsp3) is 0.455. The van der Waals surface area contributed by atoms with Gasteiger partial charge in [0.15, 0.2) is 9.84 Å². The molecule has 2 nitrogen and oxygen atoms in total. The van der Waals surface area contributed by atoms with Crippen molar-refractivity contribution in [2.24, 2.45) is 0 Å². The van der Waals surface area contributed by atoms with E-state index in [-0.39, 0.29) is 5.41 Å². The summed E-state index contributed by atoms with van der Waals surface area (Å²) in [4.78, 5) is 0.363. The number of sulfone groups is 1. The van der Waals surface area contributed by atoms with Crippen molar-refractivity contribution < 1.29 is 8.42 Å². The van der Waals surface area contributed by atoms with E-state index >= 15 is 0 Å². The predicted octanol–water partition coefficient (Wildman–Crippen LogP) is 3.15. The Morgan fingerprint density at radius 2 is 1.67 bits per heavy atom. The molecule has 15 heavy (non-hydrogen) atoms. The van der Waals surface area contributed by atoms with Gasteiger partial charge in [0.2, 0.25) is 0 Å². The Kier molecular flexibility index (Phi) is 3.31. The minimum atomic E-state index is -3.14. The molecule has 1 aromatic rings. The van der Waals surface area contributed by atoms with Crippen molar-refractivity contribution in [1.82, 2.24) is 0 Å². The van der Waals surface area contributed by atoms with E-state index in [0.29, 0.717) is 4.90 Å². The number of halogens is 1. The van der Waals surface area contributed by atoms with Crippen molar-refractivity contribution in [3.63, 3.8) is 0 Å². The first-order valence-electron chi connectivity index (χ1n) is 4.62. The van der Waals surface area contributed by atoms with Crippen LogP contribution >= 0.6 is 15.9 Å². The van der Waals surface area contributed by atoms with Crippen molar-refractivity contribution in [3.8, 4) is 0 Å². The highest BCUT2D eigenvalue weighted by molar-refractivity contribution is 9.10. The van der Waals surface area contributed by atoms with Gasteiger partial charge in [-0.05, 0) is 29.2 Å². The molecule has 0 unspecified atom stereocenters. The molecular weight excluding hydrogens is 276 g/mol.